The van der Waals surface area contributed by atoms with Crippen molar-refractivity contribution in [1.29, 1.82) is 0 Å². The summed E-state index contributed by atoms with van der Waals surface area (Å²) in [5.41, 5.74) is 3.00. The SMILES string of the molecule is Cc1ccccc1NC(=O)c1ccc(OCC(=O)Nc2ccccc2)cc1. The van der Waals surface area contributed by atoms with Crippen molar-refractivity contribution < 1.29 is 14.3 Å². The summed E-state index contributed by atoms with van der Waals surface area (Å²) in [7, 11) is 0. The Kier molecular flexibility index (Phi) is 5.84. The third kappa shape index (κ3) is 5.19. The lowest BCUT2D eigenvalue weighted by Crippen LogP contribution is -2.20. The summed E-state index contributed by atoms with van der Waals surface area (Å²) >= 11 is 0. The van der Waals surface area contributed by atoms with Crippen molar-refractivity contribution in [1.82, 2.24) is 0 Å². The molecule has 0 fully saturated rings. The van der Waals surface area contributed by atoms with Crippen LogP contribution < -0.4 is 15.4 Å². The molecule has 0 saturated carbocycles. The zero-order chi connectivity index (χ0) is 19.1. The van der Waals surface area contributed by atoms with Crippen molar-refractivity contribution in [2.24, 2.45) is 0 Å². The maximum atomic E-state index is 12.3. The highest BCUT2D eigenvalue weighted by Crippen LogP contribution is 2.17. The predicted octanol–water partition coefficient (Wildman–Crippen LogP) is 4.26. The van der Waals surface area contributed by atoms with E-state index in [-0.39, 0.29) is 18.4 Å². The Bertz CT molecular complexity index is 922. The topological polar surface area (TPSA) is 67.4 Å². The van der Waals surface area contributed by atoms with Crippen LogP contribution in [0.3, 0.4) is 0 Å². The zero-order valence-electron chi connectivity index (χ0n) is 14.9. The summed E-state index contributed by atoms with van der Waals surface area (Å²) in [6.45, 7) is 1.83. The van der Waals surface area contributed by atoms with Gasteiger partial charge in [0.25, 0.3) is 11.8 Å². The van der Waals surface area contributed by atoms with Gasteiger partial charge < -0.3 is 15.4 Å². The molecule has 2 amide bonds. The van der Waals surface area contributed by atoms with Crippen LogP contribution in [-0.2, 0) is 4.79 Å². The Morgan fingerprint density at radius 2 is 1.48 bits per heavy atom. The molecule has 2 N–H and O–H groups in total. The lowest BCUT2D eigenvalue weighted by molar-refractivity contribution is -0.118. The molecule has 0 aliphatic carbocycles. The Morgan fingerprint density at radius 3 is 2.19 bits per heavy atom. The third-order valence-electron chi connectivity index (χ3n) is 3.94. The molecule has 0 aliphatic heterocycles. The van der Waals surface area contributed by atoms with E-state index in [1.165, 1.54) is 0 Å². The summed E-state index contributed by atoms with van der Waals surface area (Å²) in [6.07, 6.45) is 0. The first-order valence-corrected chi connectivity index (χ1v) is 8.56. The average Bonchev–Trinajstić information content (AvgIpc) is 2.69. The Labute approximate surface area is 158 Å². The summed E-state index contributed by atoms with van der Waals surface area (Å²) < 4.78 is 5.47. The van der Waals surface area contributed by atoms with E-state index in [2.05, 4.69) is 10.6 Å². The van der Waals surface area contributed by atoms with Crippen LogP contribution >= 0.6 is 0 Å². The van der Waals surface area contributed by atoms with Crippen molar-refractivity contribution in [3.63, 3.8) is 0 Å². The van der Waals surface area contributed by atoms with Crippen LogP contribution in [0, 0.1) is 6.92 Å². The molecule has 0 aromatic heterocycles. The number of benzene rings is 3. The minimum atomic E-state index is -0.248. The fraction of sp³-hybridized carbons (Fsp3) is 0.0909. The van der Waals surface area contributed by atoms with Crippen molar-refractivity contribution in [3.8, 4) is 5.75 Å². The van der Waals surface area contributed by atoms with E-state index >= 15 is 0 Å². The molecule has 0 saturated heterocycles. The molecular formula is C22H20N2O3. The van der Waals surface area contributed by atoms with Gasteiger partial charge in [0.15, 0.2) is 6.61 Å². The Morgan fingerprint density at radius 1 is 0.815 bits per heavy atom. The Balaban J connectivity index is 1.53. The molecule has 3 aromatic carbocycles. The van der Waals surface area contributed by atoms with E-state index < -0.39 is 0 Å². The normalized spacial score (nSPS) is 10.1. The number of ether oxygens (including phenoxy) is 1. The maximum absolute atomic E-state index is 12.3. The molecule has 0 radical (unpaired) electrons. The first-order valence-electron chi connectivity index (χ1n) is 8.56. The molecule has 0 atom stereocenters. The van der Waals surface area contributed by atoms with Gasteiger partial charge in [-0.2, -0.15) is 0 Å². The van der Waals surface area contributed by atoms with E-state index in [0.717, 1.165) is 11.3 Å². The first kappa shape index (κ1) is 18.2. The lowest BCUT2D eigenvalue weighted by Gasteiger charge is -2.10. The van der Waals surface area contributed by atoms with Gasteiger partial charge in [-0.25, -0.2) is 0 Å². The molecule has 0 spiro atoms. The van der Waals surface area contributed by atoms with Gasteiger partial charge in [0.1, 0.15) is 5.75 Å². The molecule has 5 nitrogen and oxygen atoms in total. The maximum Gasteiger partial charge on any atom is 0.262 e. The van der Waals surface area contributed by atoms with E-state index in [9.17, 15) is 9.59 Å². The fourth-order valence-electron chi connectivity index (χ4n) is 2.48. The summed E-state index contributed by atoms with van der Waals surface area (Å²) in [5, 5.41) is 5.63. The standard InChI is InChI=1S/C22H20N2O3/c1-16-7-5-6-10-20(16)24-22(26)17-11-13-19(14-12-17)27-15-21(25)23-18-8-3-2-4-9-18/h2-14H,15H2,1H3,(H,23,25)(H,24,26). The predicted molar refractivity (Wildman–Crippen MR) is 106 cm³/mol. The van der Waals surface area contributed by atoms with Gasteiger partial charge >= 0.3 is 0 Å². The Hall–Kier alpha value is -3.60. The second-order valence-electron chi connectivity index (χ2n) is 6.00. The van der Waals surface area contributed by atoms with Crippen LogP contribution in [0.25, 0.3) is 0 Å². The number of nitrogens with one attached hydrogen (secondary N) is 2. The highest BCUT2D eigenvalue weighted by Gasteiger charge is 2.08. The van der Waals surface area contributed by atoms with Gasteiger partial charge in [0, 0.05) is 16.9 Å². The van der Waals surface area contributed by atoms with Crippen LogP contribution in [0.5, 0.6) is 5.75 Å². The molecular weight excluding hydrogens is 340 g/mol. The van der Waals surface area contributed by atoms with Crippen LogP contribution in [-0.4, -0.2) is 18.4 Å². The largest absolute Gasteiger partial charge is 0.484 e. The summed E-state index contributed by atoms with van der Waals surface area (Å²) in [4.78, 5) is 24.2. The van der Waals surface area contributed by atoms with Crippen LogP contribution in [0.15, 0.2) is 78.9 Å². The number of aryl methyl sites for hydroxylation is 1. The van der Waals surface area contributed by atoms with Crippen LogP contribution in [0.4, 0.5) is 11.4 Å². The molecule has 3 aromatic rings. The zero-order valence-corrected chi connectivity index (χ0v) is 14.9. The number of carbonyl (C=O) groups is 2. The van der Waals surface area contributed by atoms with Gasteiger partial charge in [-0.05, 0) is 55.0 Å². The smallest absolute Gasteiger partial charge is 0.262 e. The van der Waals surface area contributed by atoms with Crippen molar-refractivity contribution in [2.75, 3.05) is 17.2 Å². The second-order valence-corrected chi connectivity index (χ2v) is 6.00. The van der Waals surface area contributed by atoms with Gasteiger partial charge in [-0.3, -0.25) is 9.59 Å². The summed E-state index contributed by atoms with van der Waals surface area (Å²) in [5.74, 6) is 0.0749. The minimum Gasteiger partial charge on any atom is -0.484 e. The molecule has 0 bridgehead atoms. The van der Waals surface area contributed by atoms with Crippen LogP contribution in [0.1, 0.15) is 15.9 Å². The number of carbonyl (C=O) groups excluding carboxylic acids is 2. The van der Waals surface area contributed by atoms with E-state index in [1.807, 2.05) is 49.4 Å². The van der Waals surface area contributed by atoms with Crippen molar-refractivity contribution >= 4 is 23.2 Å². The number of hydrogen-bond donors (Lipinski definition) is 2. The van der Waals surface area contributed by atoms with Gasteiger partial charge in [-0.1, -0.05) is 36.4 Å². The summed E-state index contributed by atoms with van der Waals surface area (Å²) in [6, 6.07) is 23.4. The molecule has 3 rings (SSSR count). The van der Waals surface area contributed by atoms with Gasteiger partial charge in [0.2, 0.25) is 0 Å². The number of hydrogen-bond acceptors (Lipinski definition) is 3. The first-order chi connectivity index (χ1) is 13.1. The number of para-hydroxylation sites is 2. The molecule has 27 heavy (non-hydrogen) atoms. The molecule has 0 unspecified atom stereocenters. The average molecular weight is 360 g/mol. The molecule has 0 aliphatic rings. The molecule has 5 heteroatoms. The number of anilines is 2. The van der Waals surface area contributed by atoms with E-state index in [4.69, 9.17) is 4.74 Å². The van der Waals surface area contributed by atoms with Crippen molar-refractivity contribution in [3.05, 3.63) is 90.0 Å². The highest BCUT2D eigenvalue weighted by molar-refractivity contribution is 6.04. The fourth-order valence-corrected chi connectivity index (χ4v) is 2.48. The van der Waals surface area contributed by atoms with Gasteiger partial charge in [0.05, 0.1) is 0 Å². The number of rotatable bonds is 6. The lowest BCUT2D eigenvalue weighted by atomic mass is 10.1. The number of amides is 2. The van der Waals surface area contributed by atoms with Gasteiger partial charge in [-0.15, -0.1) is 0 Å². The monoisotopic (exact) mass is 360 g/mol. The van der Waals surface area contributed by atoms with Crippen molar-refractivity contribution in [2.45, 2.75) is 6.92 Å². The third-order valence-corrected chi connectivity index (χ3v) is 3.94. The minimum absolute atomic E-state index is 0.107. The molecule has 136 valence electrons. The van der Waals surface area contributed by atoms with E-state index in [0.29, 0.717) is 17.0 Å². The second kappa shape index (κ2) is 8.67. The molecule has 0 heterocycles. The highest BCUT2D eigenvalue weighted by atomic mass is 16.5. The quantitative estimate of drug-likeness (QED) is 0.690. The van der Waals surface area contributed by atoms with E-state index in [1.54, 1.807) is 36.4 Å². The van der Waals surface area contributed by atoms with Crippen LogP contribution in [0.2, 0.25) is 0 Å².